The van der Waals surface area contributed by atoms with Crippen molar-refractivity contribution in [2.24, 2.45) is 4.99 Å². The topological polar surface area (TPSA) is 99.1 Å². The van der Waals surface area contributed by atoms with Crippen LogP contribution in [0.15, 0.2) is 34.8 Å². The van der Waals surface area contributed by atoms with E-state index in [0.717, 1.165) is 34.1 Å². The quantitative estimate of drug-likeness (QED) is 0.226. The number of aliphatic imine (C=N–C) groups is 1. The van der Waals surface area contributed by atoms with E-state index in [1.165, 1.54) is 0 Å². The summed E-state index contributed by atoms with van der Waals surface area (Å²) in [5.74, 6) is -3.42. The van der Waals surface area contributed by atoms with Gasteiger partial charge in [-0.2, -0.15) is 0 Å². The number of hydrogen-bond donors (Lipinski definition) is 0. The molecule has 0 fully saturated rings. The van der Waals surface area contributed by atoms with E-state index in [-0.39, 0.29) is 0 Å². The molecule has 150 valence electrons. The molecular weight excluding hydrogens is 386 g/mol. The summed E-state index contributed by atoms with van der Waals surface area (Å²) in [6.45, 7) is 5.73. The van der Waals surface area contributed by atoms with Crippen LogP contribution in [0.1, 0.15) is 25.0 Å². The third-order valence-electron chi connectivity index (χ3n) is 4.08. The van der Waals surface area contributed by atoms with E-state index in [9.17, 15) is 19.2 Å². The minimum Gasteiger partial charge on any atom is -0.466 e. The molecule has 0 radical (unpaired) electrons. The maximum absolute atomic E-state index is 12.4. The maximum Gasteiger partial charge on any atom is 0.340 e. The van der Waals surface area contributed by atoms with Crippen molar-refractivity contribution in [2.45, 2.75) is 32.6 Å². The average Bonchev–Trinajstić information content (AvgIpc) is 2.64. The molecule has 1 aromatic carbocycles. The minimum absolute atomic E-state index is 0.399. The minimum atomic E-state index is -2.29. The van der Waals surface area contributed by atoms with Gasteiger partial charge in [0.25, 0.3) is 0 Å². The normalized spacial score (nSPS) is 12.4. The second-order valence-corrected chi connectivity index (χ2v) is 6.61. The molecule has 8 heteroatoms. The lowest BCUT2D eigenvalue weighted by atomic mass is 9.88. The zero-order valence-corrected chi connectivity index (χ0v) is 17.3. The molecule has 0 aliphatic rings. The fourth-order valence-electron chi connectivity index (χ4n) is 2.51. The molecule has 0 bridgehead atoms. The van der Waals surface area contributed by atoms with Crippen LogP contribution in [0.5, 0.6) is 0 Å². The van der Waals surface area contributed by atoms with E-state index in [1.54, 1.807) is 32.0 Å². The van der Waals surface area contributed by atoms with E-state index >= 15 is 0 Å². The van der Waals surface area contributed by atoms with Crippen LogP contribution in [-0.2, 0) is 28.7 Å². The number of aryl methyl sites for hydroxylation is 2. The summed E-state index contributed by atoms with van der Waals surface area (Å²) in [4.78, 5) is 51.0. The monoisotopic (exact) mass is 407 g/mol. The number of carbonyl (C=O) groups excluding carboxylic acids is 4. The highest BCUT2D eigenvalue weighted by atomic mass is 35.5. The molecule has 1 rings (SSSR count). The Labute approximate surface area is 168 Å². The largest absolute Gasteiger partial charge is 0.466 e. The van der Waals surface area contributed by atoms with Gasteiger partial charge in [-0.25, -0.2) is 14.6 Å². The van der Waals surface area contributed by atoms with Gasteiger partial charge in [0.15, 0.2) is 11.6 Å². The molecule has 0 saturated carbocycles. The van der Waals surface area contributed by atoms with Crippen molar-refractivity contribution in [1.29, 1.82) is 0 Å². The number of benzene rings is 1. The first-order valence-electron chi connectivity index (χ1n) is 8.25. The molecule has 0 aliphatic heterocycles. The van der Waals surface area contributed by atoms with Crippen LogP contribution in [-0.4, -0.2) is 48.3 Å². The van der Waals surface area contributed by atoms with Gasteiger partial charge >= 0.3 is 11.9 Å². The number of rotatable bonds is 7. The van der Waals surface area contributed by atoms with E-state index in [0.29, 0.717) is 16.8 Å². The lowest BCUT2D eigenvalue weighted by Crippen LogP contribution is -2.48. The van der Waals surface area contributed by atoms with Crippen molar-refractivity contribution in [1.82, 2.24) is 0 Å². The molecule has 0 atom stereocenters. The first-order valence-corrected chi connectivity index (χ1v) is 8.63. The highest BCUT2D eigenvalue weighted by molar-refractivity contribution is 6.62. The first-order chi connectivity index (χ1) is 13.0. The van der Waals surface area contributed by atoms with Gasteiger partial charge in [0, 0.05) is 6.08 Å². The molecule has 0 unspecified atom stereocenters. The number of ether oxygens (including phenoxy) is 2. The summed E-state index contributed by atoms with van der Waals surface area (Å²) in [6, 6.07) is 5.34. The van der Waals surface area contributed by atoms with Crippen LogP contribution in [0.2, 0.25) is 0 Å². The van der Waals surface area contributed by atoms with E-state index in [1.807, 2.05) is 0 Å². The maximum atomic E-state index is 12.4. The predicted octanol–water partition coefficient (Wildman–Crippen LogP) is 2.80. The Balaban J connectivity index is 4.02. The van der Waals surface area contributed by atoms with Crippen LogP contribution in [0.25, 0.3) is 0 Å². The Morgan fingerprint density at radius 3 is 1.89 bits per heavy atom. The number of ketones is 2. The number of Topliss-reactive ketones (excluding diaryl/α,β-unsaturated/α-hetero) is 2. The van der Waals surface area contributed by atoms with Gasteiger partial charge in [-0.1, -0.05) is 29.8 Å². The smallest absolute Gasteiger partial charge is 0.340 e. The molecule has 0 heterocycles. The molecule has 7 nitrogen and oxygen atoms in total. The van der Waals surface area contributed by atoms with Gasteiger partial charge in [0.1, 0.15) is 0 Å². The Hall–Kier alpha value is -2.80. The van der Waals surface area contributed by atoms with E-state index in [2.05, 4.69) is 9.73 Å². The van der Waals surface area contributed by atoms with Crippen molar-refractivity contribution in [2.75, 3.05) is 14.2 Å². The first kappa shape index (κ1) is 23.2. The third-order valence-corrected chi connectivity index (χ3v) is 4.79. The standard InChI is InChI=1S/C20H22ClNO6/c1-11-8-7-9-12(2)17(11)22-18(20(21,13(3)23)14(4)24)15(19(26)28-6)10-16(25)27-5/h7-10H,1-6H3/b15-10-,22-18?. The predicted molar refractivity (Wildman–Crippen MR) is 105 cm³/mol. The Morgan fingerprint density at radius 1 is 1.00 bits per heavy atom. The molecule has 0 spiro atoms. The third kappa shape index (κ3) is 4.72. The van der Waals surface area contributed by atoms with Gasteiger partial charge in [-0.15, -0.1) is 0 Å². The Morgan fingerprint density at radius 2 is 1.50 bits per heavy atom. The van der Waals surface area contributed by atoms with Gasteiger partial charge in [-0.05, 0) is 38.8 Å². The highest BCUT2D eigenvalue weighted by Crippen LogP contribution is 2.31. The summed E-state index contributed by atoms with van der Waals surface area (Å²) < 4.78 is 9.28. The number of alkyl halides is 1. The van der Waals surface area contributed by atoms with Crippen molar-refractivity contribution >= 4 is 46.5 Å². The van der Waals surface area contributed by atoms with Crippen LogP contribution in [0.3, 0.4) is 0 Å². The van der Waals surface area contributed by atoms with Crippen molar-refractivity contribution in [3.8, 4) is 0 Å². The van der Waals surface area contributed by atoms with Gasteiger partial charge in [0.2, 0.25) is 4.87 Å². The summed E-state index contributed by atoms with van der Waals surface area (Å²) in [5, 5.41) is 0. The number of halogens is 1. The SMILES string of the molecule is COC(=O)/C=C(\C(=O)OC)C(=Nc1c(C)cccc1C)C(Cl)(C(C)=O)C(C)=O. The lowest BCUT2D eigenvalue weighted by Gasteiger charge is -2.25. The second-order valence-electron chi connectivity index (χ2n) is 6.04. The average molecular weight is 408 g/mol. The molecule has 0 saturated heterocycles. The van der Waals surface area contributed by atoms with E-state index < -0.39 is 39.7 Å². The molecular formula is C20H22ClNO6. The van der Waals surface area contributed by atoms with Crippen LogP contribution in [0, 0.1) is 13.8 Å². The summed E-state index contributed by atoms with van der Waals surface area (Å²) >= 11 is 6.42. The second kappa shape index (κ2) is 9.41. The van der Waals surface area contributed by atoms with Crippen molar-refractivity contribution in [3.63, 3.8) is 0 Å². The molecule has 28 heavy (non-hydrogen) atoms. The number of methoxy groups -OCH3 is 2. The number of nitrogens with zero attached hydrogens (tertiary/aromatic N) is 1. The summed E-state index contributed by atoms with van der Waals surface area (Å²) in [6.07, 6.45) is 0.793. The lowest BCUT2D eigenvalue weighted by molar-refractivity contribution is -0.138. The van der Waals surface area contributed by atoms with Crippen molar-refractivity contribution in [3.05, 3.63) is 41.0 Å². The fraction of sp³-hybridized carbons (Fsp3) is 0.350. The van der Waals surface area contributed by atoms with Crippen LogP contribution >= 0.6 is 11.6 Å². The van der Waals surface area contributed by atoms with E-state index in [4.69, 9.17) is 16.3 Å². The zero-order chi connectivity index (χ0) is 21.6. The van der Waals surface area contributed by atoms with Crippen molar-refractivity contribution < 1.29 is 28.7 Å². The number of hydrogen-bond acceptors (Lipinski definition) is 7. The molecule has 0 amide bonds. The van der Waals surface area contributed by atoms with Crippen LogP contribution < -0.4 is 0 Å². The number of carbonyl (C=O) groups is 4. The van der Waals surface area contributed by atoms with Gasteiger partial charge < -0.3 is 9.47 Å². The zero-order valence-electron chi connectivity index (χ0n) is 16.6. The highest BCUT2D eigenvalue weighted by Gasteiger charge is 2.47. The van der Waals surface area contributed by atoms with Gasteiger partial charge in [-0.3, -0.25) is 9.59 Å². The Kier molecular flexibility index (Phi) is 7.81. The number of para-hydroxylation sites is 1. The summed E-state index contributed by atoms with van der Waals surface area (Å²) in [7, 11) is 2.20. The van der Waals surface area contributed by atoms with Crippen LogP contribution in [0.4, 0.5) is 5.69 Å². The van der Waals surface area contributed by atoms with Gasteiger partial charge in [0.05, 0.1) is 31.2 Å². The molecule has 1 aromatic rings. The Bertz CT molecular complexity index is 850. The summed E-state index contributed by atoms with van der Waals surface area (Å²) in [5.41, 5.74) is 0.989. The molecule has 0 N–H and O–H groups in total. The molecule has 0 aromatic heterocycles. The fourth-order valence-corrected chi connectivity index (χ4v) is 2.65. The molecule has 0 aliphatic carbocycles. The number of esters is 2.